The molecule has 0 unspecified atom stereocenters. The van der Waals surface area contributed by atoms with Gasteiger partial charge in [0.15, 0.2) is 5.58 Å². The molecule has 1 aromatic carbocycles. The number of fused-ring (bicyclic) bond motifs is 3. The summed E-state index contributed by atoms with van der Waals surface area (Å²) in [5.74, 6) is -0.0611. The molecule has 2 aromatic heterocycles. The van der Waals surface area contributed by atoms with Gasteiger partial charge >= 0.3 is 0 Å². The average molecular weight is 203 g/mol. The van der Waals surface area contributed by atoms with Crippen LogP contribution in [0.25, 0.3) is 22.1 Å². The van der Waals surface area contributed by atoms with Crippen molar-refractivity contribution in [1.29, 1.82) is 0 Å². The molecule has 3 rings (SSSR count). The van der Waals surface area contributed by atoms with Crippen LogP contribution in [-0.2, 0) is 0 Å². The standard InChI is InChI=1S/C10H6FN3O/c11-14-10-12-5-8-9(13-10)6-3-1-2-4-7(6)15-8/h1-5H,(H,12,13,14). The zero-order valence-electron chi connectivity index (χ0n) is 7.57. The van der Waals surface area contributed by atoms with Crippen LogP contribution in [0.4, 0.5) is 10.4 Å². The van der Waals surface area contributed by atoms with E-state index in [-0.39, 0.29) is 5.95 Å². The SMILES string of the molecule is FNc1ncc2oc3ccccc3c2n1. The molecule has 74 valence electrons. The van der Waals surface area contributed by atoms with Gasteiger partial charge in [-0.3, -0.25) is 0 Å². The summed E-state index contributed by atoms with van der Waals surface area (Å²) in [6.45, 7) is 0. The highest BCUT2D eigenvalue weighted by molar-refractivity contribution is 6.02. The number of hydrogen-bond donors (Lipinski definition) is 1. The van der Waals surface area contributed by atoms with Crippen molar-refractivity contribution in [1.82, 2.24) is 9.97 Å². The first kappa shape index (κ1) is 8.16. The predicted molar refractivity (Wildman–Crippen MR) is 54.0 cm³/mol. The first-order valence-corrected chi connectivity index (χ1v) is 4.39. The Bertz CT molecular complexity index is 635. The van der Waals surface area contributed by atoms with Crippen molar-refractivity contribution < 1.29 is 8.90 Å². The fourth-order valence-electron chi connectivity index (χ4n) is 1.55. The second-order valence-corrected chi connectivity index (χ2v) is 3.10. The quantitative estimate of drug-likeness (QED) is 0.618. The number of nitrogens with one attached hydrogen (secondary N) is 1. The molecule has 0 bridgehead atoms. The van der Waals surface area contributed by atoms with Crippen molar-refractivity contribution in [3.05, 3.63) is 30.5 Å². The molecular formula is C10H6FN3O. The highest BCUT2D eigenvalue weighted by atomic mass is 19.2. The maximum atomic E-state index is 12.2. The molecule has 0 amide bonds. The van der Waals surface area contributed by atoms with Crippen LogP contribution in [0.3, 0.4) is 0 Å². The largest absolute Gasteiger partial charge is 0.453 e. The summed E-state index contributed by atoms with van der Waals surface area (Å²) >= 11 is 0. The van der Waals surface area contributed by atoms with Gasteiger partial charge in [0.25, 0.3) is 5.95 Å². The molecule has 0 radical (unpaired) electrons. The lowest BCUT2D eigenvalue weighted by molar-refractivity contribution is 0.604. The number of halogens is 1. The molecule has 5 heteroatoms. The van der Waals surface area contributed by atoms with E-state index < -0.39 is 0 Å². The van der Waals surface area contributed by atoms with Gasteiger partial charge in [0.05, 0.1) is 6.20 Å². The van der Waals surface area contributed by atoms with E-state index in [4.69, 9.17) is 4.42 Å². The fourth-order valence-corrected chi connectivity index (χ4v) is 1.55. The number of rotatable bonds is 1. The van der Waals surface area contributed by atoms with Crippen LogP contribution in [0.15, 0.2) is 34.9 Å². The molecule has 3 aromatic rings. The summed E-state index contributed by atoms with van der Waals surface area (Å²) in [7, 11) is 0. The summed E-state index contributed by atoms with van der Waals surface area (Å²) in [6.07, 6.45) is 1.45. The van der Waals surface area contributed by atoms with E-state index in [1.165, 1.54) is 11.7 Å². The topological polar surface area (TPSA) is 51.0 Å². The van der Waals surface area contributed by atoms with Crippen molar-refractivity contribution in [2.24, 2.45) is 0 Å². The fraction of sp³-hybridized carbons (Fsp3) is 0. The number of furan rings is 1. The first-order chi connectivity index (χ1) is 7.38. The van der Waals surface area contributed by atoms with Crippen molar-refractivity contribution in [2.75, 3.05) is 5.54 Å². The minimum atomic E-state index is -0.0611. The molecule has 0 fully saturated rings. The van der Waals surface area contributed by atoms with E-state index >= 15 is 0 Å². The Balaban J connectivity index is 2.46. The molecule has 0 spiro atoms. The Labute approximate surface area is 83.7 Å². The number of benzene rings is 1. The predicted octanol–water partition coefficient (Wildman–Crippen LogP) is 2.67. The number of anilines is 1. The maximum Gasteiger partial charge on any atom is 0.252 e. The molecule has 0 saturated carbocycles. The van der Waals surface area contributed by atoms with E-state index in [9.17, 15) is 4.48 Å². The summed E-state index contributed by atoms with van der Waals surface area (Å²) in [5, 5.41) is 0.853. The van der Waals surface area contributed by atoms with Gasteiger partial charge < -0.3 is 4.42 Å². The minimum Gasteiger partial charge on any atom is -0.453 e. The van der Waals surface area contributed by atoms with E-state index in [2.05, 4.69) is 9.97 Å². The summed E-state index contributed by atoms with van der Waals surface area (Å²) in [4.78, 5) is 7.72. The Hall–Kier alpha value is -2.17. The summed E-state index contributed by atoms with van der Waals surface area (Å²) < 4.78 is 17.6. The average Bonchev–Trinajstić information content (AvgIpc) is 2.66. The first-order valence-electron chi connectivity index (χ1n) is 4.39. The third-order valence-corrected chi connectivity index (χ3v) is 2.20. The Morgan fingerprint density at radius 3 is 2.93 bits per heavy atom. The highest BCUT2D eigenvalue weighted by Gasteiger charge is 2.08. The van der Waals surface area contributed by atoms with Crippen LogP contribution in [-0.4, -0.2) is 9.97 Å². The van der Waals surface area contributed by atoms with Gasteiger partial charge in [-0.05, 0) is 12.1 Å². The lowest BCUT2D eigenvalue weighted by atomic mass is 10.2. The van der Waals surface area contributed by atoms with Crippen molar-refractivity contribution in [2.45, 2.75) is 0 Å². The Kier molecular flexibility index (Phi) is 1.58. The van der Waals surface area contributed by atoms with Crippen LogP contribution in [0, 0.1) is 0 Å². The van der Waals surface area contributed by atoms with E-state index in [1.807, 2.05) is 24.3 Å². The van der Waals surface area contributed by atoms with Gasteiger partial charge in [0.1, 0.15) is 11.1 Å². The molecule has 15 heavy (non-hydrogen) atoms. The molecule has 4 nitrogen and oxygen atoms in total. The number of nitrogens with zero attached hydrogens (tertiary/aromatic N) is 2. The smallest absolute Gasteiger partial charge is 0.252 e. The maximum absolute atomic E-state index is 12.2. The Morgan fingerprint density at radius 1 is 1.20 bits per heavy atom. The monoisotopic (exact) mass is 203 g/mol. The Morgan fingerprint density at radius 2 is 2.07 bits per heavy atom. The van der Waals surface area contributed by atoms with Gasteiger partial charge in [-0.2, -0.15) is 5.54 Å². The van der Waals surface area contributed by atoms with Gasteiger partial charge in [-0.25, -0.2) is 9.97 Å². The minimum absolute atomic E-state index is 0.0611. The van der Waals surface area contributed by atoms with E-state index in [1.54, 1.807) is 0 Å². The molecule has 0 aliphatic rings. The number of para-hydroxylation sites is 1. The summed E-state index contributed by atoms with van der Waals surface area (Å²) in [5.41, 5.74) is 3.29. The highest BCUT2D eigenvalue weighted by Crippen LogP contribution is 2.26. The molecule has 0 saturated heterocycles. The van der Waals surface area contributed by atoms with Gasteiger partial charge in [-0.1, -0.05) is 12.1 Å². The van der Waals surface area contributed by atoms with Crippen molar-refractivity contribution >= 4 is 28.0 Å². The van der Waals surface area contributed by atoms with Crippen LogP contribution in [0.5, 0.6) is 0 Å². The van der Waals surface area contributed by atoms with Crippen LogP contribution in [0.2, 0.25) is 0 Å². The van der Waals surface area contributed by atoms with Crippen molar-refractivity contribution in [3.8, 4) is 0 Å². The second-order valence-electron chi connectivity index (χ2n) is 3.10. The third-order valence-electron chi connectivity index (χ3n) is 2.20. The van der Waals surface area contributed by atoms with Crippen LogP contribution in [0.1, 0.15) is 0 Å². The third kappa shape index (κ3) is 1.13. The number of aromatic nitrogens is 2. The van der Waals surface area contributed by atoms with Gasteiger partial charge in [0.2, 0.25) is 0 Å². The molecule has 2 heterocycles. The van der Waals surface area contributed by atoms with Crippen LogP contribution >= 0.6 is 0 Å². The zero-order valence-corrected chi connectivity index (χ0v) is 7.57. The molecule has 1 N–H and O–H groups in total. The van der Waals surface area contributed by atoms with Crippen LogP contribution < -0.4 is 5.54 Å². The van der Waals surface area contributed by atoms with E-state index in [0.717, 1.165) is 11.0 Å². The summed E-state index contributed by atoms with van der Waals surface area (Å²) in [6, 6.07) is 7.45. The molecule has 0 aliphatic heterocycles. The molecule has 0 atom stereocenters. The zero-order chi connectivity index (χ0) is 10.3. The lowest BCUT2D eigenvalue weighted by Crippen LogP contribution is -1.90. The molecular weight excluding hydrogens is 197 g/mol. The lowest BCUT2D eigenvalue weighted by Gasteiger charge is -1.92. The van der Waals surface area contributed by atoms with Crippen molar-refractivity contribution in [3.63, 3.8) is 0 Å². The van der Waals surface area contributed by atoms with Gasteiger partial charge in [-0.15, -0.1) is 4.48 Å². The van der Waals surface area contributed by atoms with E-state index in [0.29, 0.717) is 11.1 Å². The van der Waals surface area contributed by atoms with Gasteiger partial charge in [0, 0.05) is 5.39 Å². The normalized spacial score (nSPS) is 11.0. The number of hydrogen-bond acceptors (Lipinski definition) is 4. The molecule has 0 aliphatic carbocycles. The second kappa shape index (κ2) is 2.91.